The van der Waals surface area contributed by atoms with Crippen LogP contribution in [0.1, 0.15) is 5.56 Å². The average molecular weight is 311 g/mol. The molecule has 0 radical (unpaired) electrons. The Morgan fingerprint density at radius 2 is 2.30 bits per heavy atom. The van der Waals surface area contributed by atoms with Crippen molar-refractivity contribution in [3.05, 3.63) is 34.7 Å². The number of hydrogen-bond donors (Lipinski definition) is 1. The minimum atomic E-state index is -0.368. The lowest BCUT2D eigenvalue weighted by molar-refractivity contribution is -0.117. The summed E-state index contributed by atoms with van der Waals surface area (Å²) in [5.41, 5.74) is 1.70. The summed E-state index contributed by atoms with van der Waals surface area (Å²) in [5.74, 6) is -0.210. The number of hydrogen-bond acceptors (Lipinski definition) is 5. The van der Waals surface area contributed by atoms with Crippen molar-refractivity contribution >= 4 is 44.2 Å². The number of fused-ring (bicyclic) bond motifs is 1. The fraction of sp³-hybridized carbons (Fsp3) is 0.231. The molecule has 0 atom stereocenters. The van der Waals surface area contributed by atoms with Crippen molar-refractivity contribution in [1.29, 1.82) is 0 Å². The van der Waals surface area contributed by atoms with Crippen molar-refractivity contribution in [3.63, 3.8) is 0 Å². The van der Waals surface area contributed by atoms with E-state index in [9.17, 15) is 4.79 Å². The van der Waals surface area contributed by atoms with Crippen LogP contribution in [0.3, 0.4) is 0 Å². The van der Waals surface area contributed by atoms with E-state index in [0.717, 1.165) is 15.8 Å². The van der Waals surface area contributed by atoms with E-state index in [1.54, 1.807) is 0 Å². The standard InChI is InChI=1S/C13H11ClN2O3S/c1-7-8(14)2-3-10-11(7)15-13(20-10)16-12(17)9-6-18-4-5-19-9/h2-3,6H,4-5H2,1H3,(H,15,16,17). The first-order valence-electron chi connectivity index (χ1n) is 5.97. The molecule has 0 saturated heterocycles. The van der Waals surface area contributed by atoms with E-state index in [0.29, 0.717) is 23.4 Å². The number of aromatic nitrogens is 1. The van der Waals surface area contributed by atoms with Crippen LogP contribution >= 0.6 is 22.9 Å². The summed E-state index contributed by atoms with van der Waals surface area (Å²) in [4.78, 5) is 16.3. The Morgan fingerprint density at radius 1 is 1.45 bits per heavy atom. The SMILES string of the molecule is Cc1c(Cl)ccc2sc(NC(=O)C3=COCCO3)nc12. The van der Waals surface area contributed by atoms with Crippen LogP contribution in [0, 0.1) is 6.92 Å². The summed E-state index contributed by atoms with van der Waals surface area (Å²) in [6.07, 6.45) is 1.31. The van der Waals surface area contributed by atoms with Gasteiger partial charge >= 0.3 is 0 Å². The third-order valence-corrected chi connectivity index (χ3v) is 4.19. The number of halogens is 1. The van der Waals surface area contributed by atoms with Gasteiger partial charge in [-0.25, -0.2) is 4.98 Å². The highest BCUT2D eigenvalue weighted by Gasteiger charge is 2.17. The molecule has 0 aliphatic carbocycles. The Bertz CT molecular complexity index is 711. The maximum Gasteiger partial charge on any atom is 0.295 e. The maximum atomic E-state index is 12.0. The van der Waals surface area contributed by atoms with Crippen molar-refractivity contribution < 1.29 is 14.3 Å². The number of carbonyl (C=O) groups excluding carboxylic acids is 1. The van der Waals surface area contributed by atoms with Crippen LogP contribution in [0.2, 0.25) is 5.02 Å². The first kappa shape index (κ1) is 13.2. The molecule has 0 unspecified atom stereocenters. The van der Waals surface area contributed by atoms with Gasteiger partial charge in [0.1, 0.15) is 19.5 Å². The molecule has 2 heterocycles. The van der Waals surface area contributed by atoms with Gasteiger partial charge in [0.15, 0.2) is 5.13 Å². The lowest BCUT2D eigenvalue weighted by atomic mass is 10.2. The van der Waals surface area contributed by atoms with Gasteiger partial charge in [0.25, 0.3) is 5.91 Å². The zero-order valence-electron chi connectivity index (χ0n) is 10.6. The molecule has 0 fully saturated rings. The Balaban J connectivity index is 1.86. The van der Waals surface area contributed by atoms with Crippen molar-refractivity contribution in [2.24, 2.45) is 0 Å². The Kier molecular flexibility index (Phi) is 3.50. The summed E-state index contributed by atoms with van der Waals surface area (Å²) in [5, 5.41) is 3.86. The molecule has 1 aromatic heterocycles. The molecule has 0 saturated carbocycles. The number of nitrogens with zero attached hydrogens (tertiary/aromatic N) is 1. The fourth-order valence-electron chi connectivity index (χ4n) is 1.80. The Labute approximate surface area is 124 Å². The van der Waals surface area contributed by atoms with Crippen molar-refractivity contribution in [2.75, 3.05) is 18.5 Å². The summed E-state index contributed by atoms with van der Waals surface area (Å²) in [6, 6.07) is 3.71. The van der Waals surface area contributed by atoms with Gasteiger partial charge in [0.2, 0.25) is 5.76 Å². The third-order valence-electron chi connectivity index (χ3n) is 2.84. The number of nitrogens with one attached hydrogen (secondary N) is 1. The highest BCUT2D eigenvalue weighted by Crippen LogP contribution is 2.31. The second-order valence-electron chi connectivity index (χ2n) is 4.19. The second kappa shape index (κ2) is 5.30. The lowest BCUT2D eigenvalue weighted by Gasteiger charge is -2.14. The highest BCUT2D eigenvalue weighted by molar-refractivity contribution is 7.22. The van der Waals surface area contributed by atoms with Crippen molar-refractivity contribution in [1.82, 2.24) is 4.98 Å². The van der Waals surface area contributed by atoms with Crippen LogP contribution in [-0.4, -0.2) is 24.1 Å². The predicted molar refractivity (Wildman–Crippen MR) is 78.0 cm³/mol. The van der Waals surface area contributed by atoms with E-state index in [-0.39, 0.29) is 11.7 Å². The number of benzene rings is 1. The molecule has 104 valence electrons. The monoisotopic (exact) mass is 310 g/mol. The molecule has 0 bridgehead atoms. The van der Waals surface area contributed by atoms with E-state index >= 15 is 0 Å². The van der Waals surface area contributed by atoms with Crippen molar-refractivity contribution in [3.8, 4) is 0 Å². The minimum absolute atomic E-state index is 0.158. The van der Waals surface area contributed by atoms with E-state index in [1.807, 2.05) is 19.1 Å². The number of aryl methyl sites for hydroxylation is 1. The van der Waals surface area contributed by atoms with Crippen LogP contribution in [0.5, 0.6) is 0 Å². The third kappa shape index (κ3) is 2.44. The van der Waals surface area contributed by atoms with Crippen molar-refractivity contribution in [2.45, 2.75) is 6.92 Å². The Hall–Kier alpha value is -1.79. The first-order valence-corrected chi connectivity index (χ1v) is 7.16. The van der Waals surface area contributed by atoms with Crippen LogP contribution in [0.25, 0.3) is 10.2 Å². The molecule has 1 amide bonds. The number of thiazole rings is 1. The normalized spacial score (nSPS) is 14.4. The molecule has 3 rings (SSSR count). The number of rotatable bonds is 2. The van der Waals surface area contributed by atoms with E-state index in [2.05, 4.69) is 10.3 Å². The average Bonchev–Trinajstić information content (AvgIpc) is 2.87. The topological polar surface area (TPSA) is 60.5 Å². The zero-order chi connectivity index (χ0) is 14.1. The maximum absolute atomic E-state index is 12.0. The minimum Gasteiger partial charge on any atom is -0.494 e. The molecule has 7 heteroatoms. The molecule has 2 aromatic rings. The lowest BCUT2D eigenvalue weighted by Crippen LogP contribution is -2.20. The largest absolute Gasteiger partial charge is 0.494 e. The van der Waals surface area contributed by atoms with Gasteiger partial charge in [-0.15, -0.1) is 0 Å². The molecular formula is C13H11ClN2O3S. The van der Waals surface area contributed by atoms with Gasteiger partial charge in [-0.2, -0.15) is 0 Å². The van der Waals surface area contributed by atoms with Gasteiger partial charge in [-0.1, -0.05) is 22.9 Å². The van der Waals surface area contributed by atoms with Gasteiger partial charge in [0, 0.05) is 5.02 Å². The summed E-state index contributed by atoms with van der Waals surface area (Å²) in [6.45, 7) is 2.72. The smallest absolute Gasteiger partial charge is 0.295 e. The zero-order valence-corrected chi connectivity index (χ0v) is 12.2. The van der Waals surface area contributed by atoms with Crippen LogP contribution < -0.4 is 5.32 Å². The van der Waals surface area contributed by atoms with Crippen LogP contribution in [-0.2, 0) is 14.3 Å². The first-order chi connectivity index (χ1) is 9.65. The second-order valence-corrected chi connectivity index (χ2v) is 5.63. The Morgan fingerprint density at radius 3 is 3.05 bits per heavy atom. The van der Waals surface area contributed by atoms with Gasteiger partial charge in [0.05, 0.1) is 10.2 Å². The summed E-state index contributed by atoms with van der Waals surface area (Å²) < 4.78 is 11.2. The quantitative estimate of drug-likeness (QED) is 0.926. The van der Waals surface area contributed by atoms with Gasteiger partial charge in [-0.3, -0.25) is 10.1 Å². The molecular weight excluding hydrogens is 300 g/mol. The molecule has 1 N–H and O–H groups in total. The highest BCUT2D eigenvalue weighted by atomic mass is 35.5. The number of anilines is 1. The molecule has 1 aromatic carbocycles. The van der Waals surface area contributed by atoms with E-state index in [4.69, 9.17) is 21.1 Å². The van der Waals surface area contributed by atoms with Crippen LogP contribution in [0.4, 0.5) is 5.13 Å². The number of ether oxygens (including phenoxy) is 2. The van der Waals surface area contributed by atoms with Crippen LogP contribution in [0.15, 0.2) is 24.2 Å². The number of carbonyl (C=O) groups is 1. The van der Waals surface area contributed by atoms with E-state index < -0.39 is 0 Å². The van der Waals surface area contributed by atoms with Gasteiger partial charge in [-0.05, 0) is 24.6 Å². The summed E-state index contributed by atoms with van der Waals surface area (Å²) in [7, 11) is 0. The molecule has 1 aliphatic heterocycles. The fourth-order valence-corrected chi connectivity index (χ4v) is 2.87. The predicted octanol–water partition coefficient (Wildman–Crippen LogP) is 3.08. The molecule has 1 aliphatic rings. The van der Waals surface area contributed by atoms with E-state index in [1.165, 1.54) is 17.6 Å². The molecule has 0 spiro atoms. The molecule has 5 nitrogen and oxygen atoms in total. The molecule has 20 heavy (non-hydrogen) atoms. The summed E-state index contributed by atoms with van der Waals surface area (Å²) >= 11 is 7.44. The number of amides is 1. The van der Waals surface area contributed by atoms with Gasteiger partial charge < -0.3 is 9.47 Å².